The zero-order chi connectivity index (χ0) is 23.3. The van der Waals surface area contributed by atoms with Crippen LogP contribution in [0.1, 0.15) is 11.1 Å². The average molecular weight is 450 g/mol. The largest absolute Gasteiger partial charge is 0.507 e. The van der Waals surface area contributed by atoms with Crippen LogP contribution < -0.4 is 14.9 Å². The molecule has 1 aromatic heterocycles. The van der Waals surface area contributed by atoms with Crippen molar-refractivity contribution < 1.29 is 24.1 Å². The number of benzene rings is 4. The van der Waals surface area contributed by atoms with Crippen LogP contribution in [0.3, 0.4) is 0 Å². The van der Waals surface area contributed by atoms with E-state index in [1.165, 1.54) is 6.07 Å². The van der Waals surface area contributed by atoms with Crippen LogP contribution >= 0.6 is 0 Å². The van der Waals surface area contributed by atoms with Crippen LogP contribution in [0.4, 0.5) is 0 Å². The molecule has 0 amide bonds. The molecule has 6 nitrogen and oxygen atoms in total. The summed E-state index contributed by atoms with van der Waals surface area (Å²) in [6.45, 7) is 0. The summed E-state index contributed by atoms with van der Waals surface area (Å²) in [5, 5.41) is 20.5. The Balaban J connectivity index is 1.49. The van der Waals surface area contributed by atoms with E-state index in [2.05, 4.69) is 0 Å². The Morgan fingerprint density at radius 1 is 0.676 bits per heavy atom. The van der Waals surface area contributed by atoms with Gasteiger partial charge in [-0.25, -0.2) is 0 Å². The molecule has 0 fully saturated rings. The molecular weight excluding hydrogens is 432 g/mol. The monoisotopic (exact) mass is 450 g/mol. The second-order valence-corrected chi connectivity index (χ2v) is 7.97. The third kappa shape index (κ3) is 2.93. The number of hydrogen-bond donors (Lipinski definition) is 2. The Morgan fingerprint density at radius 3 is 2.00 bits per heavy atom. The van der Waals surface area contributed by atoms with Crippen LogP contribution in [0.15, 0.2) is 106 Å². The number of ether oxygens (including phenoxy) is 2. The number of phenols is 1. The van der Waals surface area contributed by atoms with Crippen molar-refractivity contribution in [2.45, 2.75) is 5.79 Å². The first kappa shape index (κ1) is 19.9. The highest BCUT2D eigenvalue weighted by molar-refractivity contribution is 5.87. The normalized spacial score (nSPS) is 13.8. The molecule has 0 spiro atoms. The van der Waals surface area contributed by atoms with Gasteiger partial charge in [-0.15, -0.1) is 0 Å². The molecule has 0 aliphatic carbocycles. The molecule has 0 saturated carbocycles. The van der Waals surface area contributed by atoms with Crippen molar-refractivity contribution in [3.8, 4) is 34.3 Å². The molecule has 0 unspecified atom stereocenters. The lowest BCUT2D eigenvalue weighted by Crippen LogP contribution is -2.36. The number of phenolic OH excluding ortho intramolecular Hbond substituents is 1. The summed E-state index contributed by atoms with van der Waals surface area (Å²) in [6.07, 6.45) is 0. The van der Waals surface area contributed by atoms with Crippen molar-refractivity contribution in [1.29, 1.82) is 0 Å². The van der Waals surface area contributed by atoms with E-state index in [-0.39, 0.29) is 22.5 Å². The molecule has 0 atom stereocenters. The molecule has 2 heterocycles. The number of hydrogen-bond acceptors (Lipinski definition) is 6. The van der Waals surface area contributed by atoms with Crippen LogP contribution in [0.25, 0.3) is 22.3 Å². The van der Waals surface area contributed by atoms with Gasteiger partial charge in [0.05, 0.1) is 0 Å². The minimum atomic E-state index is -1.19. The van der Waals surface area contributed by atoms with Crippen molar-refractivity contribution >= 4 is 11.0 Å². The first-order valence-electron chi connectivity index (χ1n) is 10.7. The number of fused-ring (bicyclic) bond motifs is 2. The molecule has 1 aliphatic heterocycles. The Morgan fingerprint density at radius 2 is 1.32 bits per heavy atom. The first-order valence-corrected chi connectivity index (χ1v) is 10.7. The summed E-state index contributed by atoms with van der Waals surface area (Å²) in [7, 11) is 0. The molecule has 2 N–H and O–H groups in total. The predicted molar refractivity (Wildman–Crippen MR) is 126 cm³/mol. The lowest BCUT2D eigenvalue weighted by Gasteiger charge is -2.28. The summed E-state index contributed by atoms with van der Waals surface area (Å²) < 4.78 is 18.6. The molecule has 166 valence electrons. The van der Waals surface area contributed by atoms with Gasteiger partial charge in [0.2, 0.25) is 11.2 Å². The molecule has 6 rings (SSSR count). The smallest absolute Gasteiger partial charge is 0.305 e. The average Bonchev–Trinajstić information content (AvgIpc) is 3.27. The standard InChI is InChI=1S/C28H18O6/c29-20-12-7-13-22-24(20)25(30)26(31)27(32-22)17-14-15-21-23(16-17)34-28(33-21,18-8-3-1-4-9-18)19-10-5-2-6-11-19/h1-16,29,31H. The Kier molecular flexibility index (Phi) is 4.35. The van der Waals surface area contributed by atoms with Crippen LogP contribution in [0, 0.1) is 0 Å². The van der Waals surface area contributed by atoms with E-state index < -0.39 is 17.0 Å². The molecular formula is C28H18O6. The molecule has 0 bridgehead atoms. The quantitative estimate of drug-likeness (QED) is 0.375. The van der Waals surface area contributed by atoms with Crippen molar-refractivity contribution in [1.82, 2.24) is 0 Å². The predicted octanol–water partition coefficient (Wildman–Crippen LogP) is 5.54. The molecule has 34 heavy (non-hydrogen) atoms. The van der Waals surface area contributed by atoms with E-state index in [1.807, 2.05) is 60.7 Å². The minimum absolute atomic E-state index is 0.0218. The highest BCUT2D eigenvalue weighted by atomic mass is 16.7. The zero-order valence-corrected chi connectivity index (χ0v) is 17.8. The second-order valence-electron chi connectivity index (χ2n) is 7.97. The Bertz CT molecular complexity index is 1550. The van der Waals surface area contributed by atoms with E-state index in [1.54, 1.807) is 30.3 Å². The van der Waals surface area contributed by atoms with Gasteiger partial charge in [0, 0.05) is 16.7 Å². The van der Waals surface area contributed by atoms with E-state index in [0.717, 1.165) is 11.1 Å². The summed E-state index contributed by atoms with van der Waals surface area (Å²) in [5.41, 5.74) is 1.51. The topological polar surface area (TPSA) is 89.1 Å². The van der Waals surface area contributed by atoms with Crippen LogP contribution in [-0.4, -0.2) is 10.2 Å². The maximum atomic E-state index is 12.7. The van der Waals surface area contributed by atoms with E-state index >= 15 is 0 Å². The van der Waals surface area contributed by atoms with Gasteiger partial charge in [-0.3, -0.25) is 4.79 Å². The summed E-state index contributed by atoms with van der Waals surface area (Å²) in [4.78, 5) is 12.7. The zero-order valence-electron chi connectivity index (χ0n) is 17.8. The van der Waals surface area contributed by atoms with E-state index in [0.29, 0.717) is 17.1 Å². The van der Waals surface area contributed by atoms with Gasteiger partial charge in [-0.2, -0.15) is 0 Å². The fourth-order valence-corrected chi connectivity index (χ4v) is 4.27. The van der Waals surface area contributed by atoms with Gasteiger partial charge >= 0.3 is 5.79 Å². The first-order chi connectivity index (χ1) is 16.6. The van der Waals surface area contributed by atoms with Gasteiger partial charge < -0.3 is 24.1 Å². The minimum Gasteiger partial charge on any atom is -0.507 e. The van der Waals surface area contributed by atoms with Crippen LogP contribution in [0.2, 0.25) is 0 Å². The van der Waals surface area contributed by atoms with Gasteiger partial charge in [-0.1, -0.05) is 66.7 Å². The summed E-state index contributed by atoms with van der Waals surface area (Å²) >= 11 is 0. The van der Waals surface area contributed by atoms with E-state index in [4.69, 9.17) is 13.9 Å². The highest BCUT2D eigenvalue weighted by Crippen LogP contribution is 2.49. The molecule has 5 aromatic rings. The fourth-order valence-electron chi connectivity index (χ4n) is 4.27. The van der Waals surface area contributed by atoms with Gasteiger partial charge in [0.1, 0.15) is 16.7 Å². The highest BCUT2D eigenvalue weighted by Gasteiger charge is 2.45. The maximum Gasteiger partial charge on any atom is 0.305 e. The molecule has 4 aromatic carbocycles. The molecule has 6 heteroatoms. The van der Waals surface area contributed by atoms with Crippen molar-refractivity contribution in [3.63, 3.8) is 0 Å². The Labute approximate surface area is 193 Å². The van der Waals surface area contributed by atoms with Crippen molar-refractivity contribution in [3.05, 3.63) is 118 Å². The van der Waals surface area contributed by atoms with Crippen molar-refractivity contribution in [2.24, 2.45) is 0 Å². The third-order valence-corrected chi connectivity index (χ3v) is 5.89. The van der Waals surface area contributed by atoms with Crippen LogP contribution in [0.5, 0.6) is 23.0 Å². The second kappa shape index (κ2) is 7.42. The fraction of sp³-hybridized carbons (Fsp3) is 0.0357. The number of aromatic hydroxyl groups is 2. The third-order valence-electron chi connectivity index (χ3n) is 5.89. The van der Waals surface area contributed by atoms with Crippen LogP contribution in [-0.2, 0) is 5.79 Å². The van der Waals surface area contributed by atoms with Gasteiger partial charge in [0.25, 0.3) is 0 Å². The van der Waals surface area contributed by atoms with Gasteiger partial charge in [-0.05, 0) is 30.3 Å². The molecule has 0 radical (unpaired) electrons. The Hall–Kier alpha value is -4.71. The van der Waals surface area contributed by atoms with Crippen molar-refractivity contribution in [2.75, 3.05) is 0 Å². The summed E-state index contributed by atoms with van der Waals surface area (Å²) in [5.74, 6) is -1.12. The molecule has 0 saturated heterocycles. The SMILES string of the molecule is O=c1c(O)c(-c2ccc3c(c2)OC(c2ccccc2)(c2ccccc2)O3)oc2cccc(O)c12. The van der Waals surface area contributed by atoms with Gasteiger partial charge in [0.15, 0.2) is 17.3 Å². The van der Waals surface area contributed by atoms with E-state index in [9.17, 15) is 15.0 Å². The maximum absolute atomic E-state index is 12.7. The molecule has 1 aliphatic rings. The lowest BCUT2D eigenvalue weighted by molar-refractivity contribution is -0.0459. The summed E-state index contributed by atoms with van der Waals surface area (Å²) in [6, 6.07) is 28.8. The lowest BCUT2D eigenvalue weighted by atomic mass is 9.97. The number of rotatable bonds is 3.